The Bertz CT molecular complexity index is 261. The molecule has 64 valence electrons. The van der Waals surface area contributed by atoms with E-state index in [-0.39, 0.29) is 12.8 Å². The molecule has 0 unspecified atom stereocenters. The molecule has 0 bridgehead atoms. The van der Waals surface area contributed by atoms with E-state index in [4.69, 9.17) is 0 Å². The molecule has 0 atom stereocenters. The number of Topliss-reactive ketones (excluding diaryl/α,β-unsaturated/α-hetero) is 4. The molecule has 0 saturated heterocycles. The third-order valence-electron chi connectivity index (χ3n) is 1.87. The molecule has 1 fully saturated rings. The maximum absolute atomic E-state index is 11.0. The molecular formula is C8H8O4. The molecule has 1 saturated carbocycles. The Hall–Kier alpha value is -1.32. The molecule has 0 aliphatic heterocycles. The minimum atomic E-state index is -1.28. The number of rotatable bonds is 2. The molecule has 0 amide bonds. The summed E-state index contributed by atoms with van der Waals surface area (Å²) in [6.07, 6.45) is 0.199. The van der Waals surface area contributed by atoms with Crippen molar-refractivity contribution in [1.82, 2.24) is 0 Å². The van der Waals surface area contributed by atoms with Crippen molar-refractivity contribution >= 4 is 23.1 Å². The Labute approximate surface area is 68.9 Å². The van der Waals surface area contributed by atoms with E-state index in [1.807, 2.05) is 0 Å². The summed E-state index contributed by atoms with van der Waals surface area (Å²) in [5.41, 5.74) is 0. The van der Waals surface area contributed by atoms with Gasteiger partial charge in [0, 0.05) is 19.8 Å². The lowest BCUT2D eigenvalue weighted by Crippen LogP contribution is -2.29. The Morgan fingerprint density at radius 3 is 1.92 bits per heavy atom. The summed E-state index contributed by atoms with van der Waals surface area (Å²) in [7, 11) is 0. The Morgan fingerprint density at radius 2 is 1.58 bits per heavy atom. The Kier molecular flexibility index (Phi) is 2.17. The van der Waals surface area contributed by atoms with E-state index in [1.165, 1.54) is 0 Å². The number of carbonyl (C=O) groups is 4. The van der Waals surface area contributed by atoms with Crippen molar-refractivity contribution in [3.8, 4) is 0 Å². The molecule has 0 heterocycles. The van der Waals surface area contributed by atoms with Gasteiger partial charge in [-0.1, -0.05) is 0 Å². The first-order valence-electron chi connectivity index (χ1n) is 3.64. The zero-order valence-corrected chi connectivity index (χ0v) is 6.62. The summed E-state index contributed by atoms with van der Waals surface area (Å²) in [5.74, 6) is -3.69. The zero-order chi connectivity index (χ0) is 9.30. The van der Waals surface area contributed by atoms with E-state index >= 15 is 0 Å². The van der Waals surface area contributed by atoms with E-state index in [0.29, 0.717) is 0 Å². The second-order valence-corrected chi connectivity index (χ2v) is 2.79. The fourth-order valence-electron chi connectivity index (χ4n) is 1.21. The van der Waals surface area contributed by atoms with Crippen LogP contribution in [0.5, 0.6) is 0 Å². The van der Waals surface area contributed by atoms with Gasteiger partial charge in [-0.05, 0) is 0 Å². The second kappa shape index (κ2) is 2.97. The molecule has 0 aromatic carbocycles. The largest absolute Gasteiger partial charge is 0.298 e. The van der Waals surface area contributed by atoms with E-state index in [0.717, 1.165) is 6.92 Å². The predicted molar refractivity (Wildman–Crippen MR) is 38.4 cm³/mol. The van der Waals surface area contributed by atoms with Gasteiger partial charge < -0.3 is 0 Å². The monoisotopic (exact) mass is 168 g/mol. The van der Waals surface area contributed by atoms with Crippen LogP contribution in [0.4, 0.5) is 0 Å². The fourth-order valence-corrected chi connectivity index (χ4v) is 1.21. The minimum absolute atomic E-state index is 0.0997. The number of ketones is 4. The quantitative estimate of drug-likeness (QED) is 0.419. The first-order valence-corrected chi connectivity index (χ1v) is 3.64. The van der Waals surface area contributed by atoms with Gasteiger partial charge in [0.1, 0.15) is 5.92 Å². The van der Waals surface area contributed by atoms with Crippen LogP contribution in [0.25, 0.3) is 0 Å². The first kappa shape index (κ1) is 8.77. The molecule has 0 radical (unpaired) electrons. The standard InChI is InChI=1S/C8H8O4/c1-4(9)8(12)7-5(10)2-3-6(7)11/h7H,2-3H2,1H3. The van der Waals surface area contributed by atoms with Crippen molar-refractivity contribution in [3.05, 3.63) is 0 Å². The van der Waals surface area contributed by atoms with Crippen molar-refractivity contribution in [1.29, 1.82) is 0 Å². The number of carbonyl (C=O) groups excluding carboxylic acids is 4. The van der Waals surface area contributed by atoms with Crippen LogP contribution in [0.1, 0.15) is 19.8 Å². The lowest BCUT2D eigenvalue weighted by molar-refractivity contribution is -0.143. The summed E-state index contributed by atoms with van der Waals surface area (Å²) in [4.78, 5) is 43.4. The van der Waals surface area contributed by atoms with Gasteiger partial charge in [0.25, 0.3) is 0 Å². The fraction of sp³-hybridized carbons (Fsp3) is 0.500. The number of hydrogen-bond acceptors (Lipinski definition) is 4. The molecule has 0 spiro atoms. The van der Waals surface area contributed by atoms with E-state index in [9.17, 15) is 19.2 Å². The molecule has 4 heteroatoms. The highest BCUT2D eigenvalue weighted by Gasteiger charge is 2.39. The molecule has 0 N–H and O–H groups in total. The van der Waals surface area contributed by atoms with Crippen LogP contribution in [-0.2, 0) is 19.2 Å². The van der Waals surface area contributed by atoms with Crippen LogP contribution in [0.2, 0.25) is 0 Å². The number of hydrogen-bond donors (Lipinski definition) is 0. The van der Waals surface area contributed by atoms with Gasteiger partial charge in [0.2, 0.25) is 5.78 Å². The van der Waals surface area contributed by atoms with Crippen molar-refractivity contribution in [2.45, 2.75) is 19.8 Å². The summed E-state index contributed by atoms with van der Waals surface area (Å²) in [6.45, 7) is 1.07. The molecule has 4 nitrogen and oxygen atoms in total. The molecule has 0 aromatic rings. The topological polar surface area (TPSA) is 68.3 Å². The molecule has 12 heavy (non-hydrogen) atoms. The van der Waals surface area contributed by atoms with Crippen LogP contribution in [-0.4, -0.2) is 23.1 Å². The Balaban J connectivity index is 2.87. The first-order chi connectivity index (χ1) is 5.54. The second-order valence-electron chi connectivity index (χ2n) is 2.79. The van der Waals surface area contributed by atoms with Crippen molar-refractivity contribution < 1.29 is 19.2 Å². The smallest absolute Gasteiger partial charge is 0.215 e. The van der Waals surface area contributed by atoms with Gasteiger partial charge in [-0.25, -0.2) is 0 Å². The lowest BCUT2D eigenvalue weighted by atomic mass is 9.98. The van der Waals surface area contributed by atoms with Crippen molar-refractivity contribution in [2.24, 2.45) is 5.92 Å². The molecule has 1 aliphatic rings. The van der Waals surface area contributed by atoms with Gasteiger partial charge in [-0.15, -0.1) is 0 Å². The minimum Gasteiger partial charge on any atom is -0.298 e. The Morgan fingerprint density at radius 1 is 1.17 bits per heavy atom. The average Bonchev–Trinajstić information content (AvgIpc) is 2.30. The third kappa shape index (κ3) is 1.32. The van der Waals surface area contributed by atoms with Crippen LogP contribution in [0.3, 0.4) is 0 Å². The highest BCUT2D eigenvalue weighted by Crippen LogP contribution is 2.18. The summed E-state index contributed by atoms with van der Waals surface area (Å²) < 4.78 is 0. The maximum atomic E-state index is 11.0. The summed E-state index contributed by atoms with van der Waals surface area (Å²) >= 11 is 0. The normalized spacial score (nSPS) is 18.4. The van der Waals surface area contributed by atoms with Crippen LogP contribution in [0, 0.1) is 5.92 Å². The summed E-state index contributed by atoms with van der Waals surface area (Å²) in [6, 6.07) is 0. The van der Waals surface area contributed by atoms with Crippen LogP contribution in [0.15, 0.2) is 0 Å². The van der Waals surface area contributed by atoms with Crippen molar-refractivity contribution in [3.63, 3.8) is 0 Å². The van der Waals surface area contributed by atoms with Gasteiger partial charge >= 0.3 is 0 Å². The van der Waals surface area contributed by atoms with Gasteiger partial charge in [0.15, 0.2) is 17.3 Å². The third-order valence-corrected chi connectivity index (χ3v) is 1.87. The molecule has 1 aliphatic carbocycles. The maximum Gasteiger partial charge on any atom is 0.215 e. The highest BCUT2D eigenvalue weighted by atomic mass is 16.2. The van der Waals surface area contributed by atoms with Gasteiger partial charge in [-0.2, -0.15) is 0 Å². The molecule has 1 rings (SSSR count). The predicted octanol–water partition coefficient (Wildman–Crippen LogP) is -0.307. The van der Waals surface area contributed by atoms with E-state index < -0.39 is 29.1 Å². The average molecular weight is 168 g/mol. The molecule has 0 aromatic heterocycles. The SMILES string of the molecule is CC(=O)C(=O)C1C(=O)CCC1=O. The van der Waals surface area contributed by atoms with Crippen molar-refractivity contribution in [2.75, 3.05) is 0 Å². The van der Waals surface area contributed by atoms with Crippen LogP contribution < -0.4 is 0 Å². The highest BCUT2D eigenvalue weighted by molar-refractivity contribution is 6.46. The molecular weight excluding hydrogens is 160 g/mol. The van der Waals surface area contributed by atoms with Gasteiger partial charge in [0.05, 0.1) is 0 Å². The summed E-state index contributed by atoms with van der Waals surface area (Å²) in [5, 5.41) is 0. The van der Waals surface area contributed by atoms with Crippen LogP contribution >= 0.6 is 0 Å². The van der Waals surface area contributed by atoms with E-state index in [1.54, 1.807) is 0 Å². The lowest BCUT2D eigenvalue weighted by Gasteiger charge is -2.00. The van der Waals surface area contributed by atoms with E-state index in [2.05, 4.69) is 0 Å². The zero-order valence-electron chi connectivity index (χ0n) is 6.62. The van der Waals surface area contributed by atoms with Gasteiger partial charge in [-0.3, -0.25) is 19.2 Å².